The summed E-state index contributed by atoms with van der Waals surface area (Å²) in [5.74, 6) is 3.60. The van der Waals surface area contributed by atoms with Crippen molar-refractivity contribution in [2.75, 3.05) is 5.43 Å². The summed E-state index contributed by atoms with van der Waals surface area (Å²) in [4.78, 5) is 0. The number of nitrogens with one attached hydrogen (secondary N) is 1. The van der Waals surface area contributed by atoms with Crippen LogP contribution in [-0.4, -0.2) is 10.2 Å². The molecule has 4 nitrogen and oxygen atoms in total. The van der Waals surface area contributed by atoms with Crippen molar-refractivity contribution in [2.45, 2.75) is 0 Å². The molecule has 1 heterocycles. The summed E-state index contributed by atoms with van der Waals surface area (Å²) >= 11 is 0. The van der Waals surface area contributed by atoms with Gasteiger partial charge >= 0.3 is 0 Å². The molecule has 0 aliphatic rings. The molecule has 0 atom stereocenters. The summed E-state index contributed by atoms with van der Waals surface area (Å²) in [6, 6.07) is 6.90. The molecule has 6 heteroatoms. The van der Waals surface area contributed by atoms with Crippen molar-refractivity contribution in [3.8, 4) is 11.3 Å². The molecule has 2 aromatic rings. The van der Waals surface area contributed by atoms with Gasteiger partial charge in [-0.1, -0.05) is 6.07 Å². The Bertz CT molecular complexity index is 499. The summed E-state index contributed by atoms with van der Waals surface area (Å²) in [6.45, 7) is 0. The zero-order valence-electron chi connectivity index (χ0n) is 8.11. The number of aromatic nitrogens is 2. The predicted octanol–water partition coefficient (Wildman–Crippen LogP) is 1.71. The van der Waals surface area contributed by atoms with E-state index in [4.69, 9.17) is 5.84 Å². The summed E-state index contributed by atoms with van der Waals surface area (Å²) in [5, 5.41) is 7.39. The molecular weight excluding hydrogens is 214 g/mol. The van der Waals surface area contributed by atoms with E-state index in [0.717, 1.165) is 6.07 Å². The number of rotatable bonds is 2. The molecule has 0 saturated carbocycles. The lowest BCUT2D eigenvalue weighted by Crippen LogP contribution is -2.09. The number of nitrogens with zero attached hydrogens (tertiary/aromatic N) is 2. The number of nitrogens with two attached hydrogens (primary N) is 1. The van der Waals surface area contributed by atoms with E-state index in [9.17, 15) is 8.78 Å². The van der Waals surface area contributed by atoms with E-state index in [-0.39, 0.29) is 11.3 Å². The Morgan fingerprint density at radius 1 is 1.06 bits per heavy atom. The van der Waals surface area contributed by atoms with Gasteiger partial charge in [0.05, 0.1) is 5.69 Å². The Morgan fingerprint density at radius 2 is 1.88 bits per heavy atom. The average Bonchev–Trinajstić information content (AvgIpc) is 2.33. The molecule has 0 radical (unpaired) electrons. The topological polar surface area (TPSA) is 63.8 Å². The fourth-order valence-corrected chi connectivity index (χ4v) is 1.25. The van der Waals surface area contributed by atoms with Crippen molar-refractivity contribution < 1.29 is 8.78 Å². The fourth-order valence-electron chi connectivity index (χ4n) is 1.25. The van der Waals surface area contributed by atoms with Crippen LogP contribution in [0.25, 0.3) is 11.3 Å². The minimum atomic E-state index is -0.940. The second kappa shape index (κ2) is 4.19. The highest BCUT2D eigenvalue weighted by atomic mass is 19.2. The minimum absolute atomic E-state index is 0.0658. The SMILES string of the molecule is NNc1ccc(-c2cccc(F)c2F)nn1. The minimum Gasteiger partial charge on any atom is -0.307 e. The van der Waals surface area contributed by atoms with E-state index < -0.39 is 11.6 Å². The van der Waals surface area contributed by atoms with E-state index >= 15 is 0 Å². The molecule has 1 aromatic heterocycles. The largest absolute Gasteiger partial charge is 0.307 e. The maximum absolute atomic E-state index is 13.4. The number of halogens is 2. The highest BCUT2D eigenvalue weighted by molar-refractivity contribution is 5.60. The molecule has 0 aliphatic carbocycles. The number of hydrazine groups is 1. The standard InChI is InChI=1S/C10H8F2N4/c11-7-3-1-2-6(10(7)12)8-4-5-9(14-13)16-15-8/h1-5H,13H2,(H,14,16). The molecule has 2 rings (SSSR count). The molecule has 0 saturated heterocycles. The zero-order valence-corrected chi connectivity index (χ0v) is 8.11. The van der Waals surface area contributed by atoms with Gasteiger partial charge in [0.15, 0.2) is 17.5 Å². The van der Waals surface area contributed by atoms with Crippen LogP contribution in [0.15, 0.2) is 30.3 Å². The van der Waals surface area contributed by atoms with E-state index in [1.165, 1.54) is 24.3 Å². The number of hydrogen-bond acceptors (Lipinski definition) is 4. The fraction of sp³-hybridized carbons (Fsp3) is 0. The summed E-state index contributed by atoms with van der Waals surface area (Å²) < 4.78 is 26.3. The summed E-state index contributed by atoms with van der Waals surface area (Å²) in [5.41, 5.74) is 2.60. The third kappa shape index (κ3) is 1.82. The Labute approximate surface area is 90.1 Å². The second-order valence-corrected chi connectivity index (χ2v) is 3.05. The van der Waals surface area contributed by atoms with Crippen LogP contribution in [0.2, 0.25) is 0 Å². The molecule has 0 aliphatic heterocycles. The van der Waals surface area contributed by atoms with Crippen molar-refractivity contribution in [3.05, 3.63) is 42.0 Å². The predicted molar refractivity (Wildman–Crippen MR) is 55.2 cm³/mol. The highest BCUT2D eigenvalue weighted by Gasteiger charge is 2.10. The number of nitrogen functional groups attached to an aromatic ring is 1. The number of benzene rings is 1. The maximum atomic E-state index is 13.4. The van der Waals surface area contributed by atoms with Crippen LogP contribution in [0.4, 0.5) is 14.6 Å². The van der Waals surface area contributed by atoms with E-state index in [1.807, 2.05) is 0 Å². The quantitative estimate of drug-likeness (QED) is 0.599. The Kier molecular flexibility index (Phi) is 2.74. The molecule has 0 amide bonds. The van der Waals surface area contributed by atoms with Crippen molar-refractivity contribution >= 4 is 5.82 Å². The molecule has 3 N–H and O–H groups in total. The highest BCUT2D eigenvalue weighted by Crippen LogP contribution is 2.22. The normalized spacial score (nSPS) is 10.2. The third-order valence-electron chi connectivity index (χ3n) is 2.04. The van der Waals surface area contributed by atoms with Crippen LogP contribution < -0.4 is 11.3 Å². The number of hydrogen-bond donors (Lipinski definition) is 2. The zero-order chi connectivity index (χ0) is 11.5. The molecule has 1 aromatic carbocycles. The first-order valence-corrected chi connectivity index (χ1v) is 4.47. The van der Waals surface area contributed by atoms with Gasteiger partial charge in [-0.2, -0.15) is 0 Å². The van der Waals surface area contributed by atoms with Crippen LogP contribution in [0.3, 0.4) is 0 Å². The van der Waals surface area contributed by atoms with Gasteiger partial charge in [-0.05, 0) is 24.3 Å². The van der Waals surface area contributed by atoms with Gasteiger partial charge in [0, 0.05) is 5.56 Å². The van der Waals surface area contributed by atoms with E-state index in [2.05, 4.69) is 15.6 Å². The van der Waals surface area contributed by atoms with Gasteiger partial charge in [0.2, 0.25) is 0 Å². The third-order valence-corrected chi connectivity index (χ3v) is 2.04. The van der Waals surface area contributed by atoms with Gasteiger partial charge in [-0.25, -0.2) is 14.6 Å². The molecule has 0 spiro atoms. The van der Waals surface area contributed by atoms with Gasteiger partial charge < -0.3 is 5.43 Å². The van der Waals surface area contributed by atoms with Crippen LogP contribution in [-0.2, 0) is 0 Å². The molecular formula is C10H8F2N4. The molecule has 0 unspecified atom stereocenters. The molecule has 16 heavy (non-hydrogen) atoms. The van der Waals surface area contributed by atoms with Crippen LogP contribution in [0.1, 0.15) is 0 Å². The van der Waals surface area contributed by atoms with E-state index in [0.29, 0.717) is 5.82 Å². The average molecular weight is 222 g/mol. The smallest absolute Gasteiger partial charge is 0.168 e. The van der Waals surface area contributed by atoms with E-state index in [1.54, 1.807) is 0 Å². The summed E-state index contributed by atoms with van der Waals surface area (Å²) in [6.07, 6.45) is 0. The first-order chi connectivity index (χ1) is 7.72. The maximum Gasteiger partial charge on any atom is 0.168 e. The lowest BCUT2D eigenvalue weighted by Gasteiger charge is -2.03. The van der Waals surface area contributed by atoms with Crippen molar-refractivity contribution in [1.29, 1.82) is 0 Å². The Hall–Kier alpha value is -2.08. The molecule has 82 valence electrons. The van der Waals surface area contributed by atoms with Crippen molar-refractivity contribution in [3.63, 3.8) is 0 Å². The first-order valence-electron chi connectivity index (χ1n) is 4.47. The lowest BCUT2D eigenvalue weighted by molar-refractivity contribution is 0.511. The number of anilines is 1. The summed E-state index contributed by atoms with van der Waals surface area (Å²) in [7, 11) is 0. The monoisotopic (exact) mass is 222 g/mol. The van der Waals surface area contributed by atoms with Gasteiger partial charge in [0.1, 0.15) is 0 Å². The van der Waals surface area contributed by atoms with Crippen molar-refractivity contribution in [2.24, 2.45) is 5.84 Å². The van der Waals surface area contributed by atoms with Crippen LogP contribution >= 0.6 is 0 Å². The molecule has 0 bridgehead atoms. The van der Waals surface area contributed by atoms with Crippen molar-refractivity contribution in [1.82, 2.24) is 10.2 Å². The van der Waals surface area contributed by atoms with Gasteiger partial charge in [0.25, 0.3) is 0 Å². The second-order valence-electron chi connectivity index (χ2n) is 3.05. The van der Waals surface area contributed by atoms with Gasteiger partial charge in [-0.15, -0.1) is 10.2 Å². The first kappa shape index (κ1) is 10.4. The Morgan fingerprint density at radius 3 is 2.50 bits per heavy atom. The van der Waals surface area contributed by atoms with Gasteiger partial charge in [-0.3, -0.25) is 0 Å². The lowest BCUT2D eigenvalue weighted by atomic mass is 10.1. The van der Waals surface area contributed by atoms with Crippen LogP contribution in [0, 0.1) is 11.6 Å². The Balaban J connectivity index is 2.46. The van der Waals surface area contributed by atoms with Crippen LogP contribution in [0.5, 0.6) is 0 Å². The molecule has 0 fully saturated rings.